The van der Waals surface area contributed by atoms with Crippen LogP contribution in [0.3, 0.4) is 0 Å². The molecule has 0 saturated heterocycles. The first kappa shape index (κ1) is 14.3. The summed E-state index contributed by atoms with van der Waals surface area (Å²) < 4.78 is 29.9. The zero-order valence-corrected chi connectivity index (χ0v) is 12.6. The van der Waals surface area contributed by atoms with Gasteiger partial charge in [-0.15, -0.1) is 0 Å². The maximum absolute atomic E-state index is 12.3. The molecule has 0 bridgehead atoms. The minimum Gasteiger partial charge on any atom is -0.377 e. The standard InChI is InChI=1S/C16H13NO4S/c1-11-5-8-13(9-6-11)22(19,20)21-14-4-2-3-12-7-10-15(18)17-16(12)14/h2-10H,1H3,(H,17,18). The molecule has 0 aliphatic rings. The van der Waals surface area contributed by atoms with Gasteiger partial charge in [0.05, 0.1) is 5.52 Å². The van der Waals surface area contributed by atoms with Crippen LogP contribution in [-0.4, -0.2) is 13.4 Å². The molecular formula is C16H13NO4S. The number of fused-ring (bicyclic) bond motifs is 1. The summed E-state index contributed by atoms with van der Waals surface area (Å²) in [4.78, 5) is 14.1. The third-order valence-corrected chi connectivity index (χ3v) is 4.48. The summed E-state index contributed by atoms with van der Waals surface area (Å²) in [7, 11) is -3.96. The average molecular weight is 315 g/mol. The fourth-order valence-electron chi connectivity index (χ4n) is 2.09. The molecule has 0 fully saturated rings. The smallest absolute Gasteiger partial charge is 0.339 e. The van der Waals surface area contributed by atoms with E-state index in [4.69, 9.17) is 4.18 Å². The number of hydrogen-bond donors (Lipinski definition) is 1. The van der Waals surface area contributed by atoms with E-state index >= 15 is 0 Å². The number of aryl methyl sites for hydroxylation is 1. The number of aromatic amines is 1. The van der Waals surface area contributed by atoms with Crippen LogP contribution in [-0.2, 0) is 10.1 Å². The van der Waals surface area contributed by atoms with Crippen LogP contribution in [0.1, 0.15) is 5.56 Å². The number of rotatable bonds is 3. The van der Waals surface area contributed by atoms with E-state index in [0.717, 1.165) is 5.56 Å². The SMILES string of the molecule is Cc1ccc(S(=O)(=O)Oc2cccc3ccc(=O)[nH]c23)cc1. The zero-order valence-electron chi connectivity index (χ0n) is 11.7. The van der Waals surface area contributed by atoms with Crippen molar-refractivity contribution in [2.75, 3.05) is 0 Å². The van der Waals surface area contributed by atoms with Crippen molar-refractivity contribution >= 4 is 21.0 Å². The monoisotopic (exact) mass is 315 g/mol. The summed E-state index contributed by atoms with van der Waals surface area (Å²) >= 11 is 0. The highest BCUT2D eigenvalue weighted by Crippen LogP contribution is 2.25. The fourth-order valence-corrected chi connectivity index (χ4v) is 3.03. The molecule has 0 aliphatic heterocycles. The maximum Gasteiger partial charge on any atom is 0.339 e. The minimum absolute atomic E-state index is 0.0633. The Bertz CT molecular complexity index is 989. The Morgan fingerprint density at radius 1 is 0.955 bits per heavy atom. The molecule has 0 aliphatic carbocycles. The Kier molecular flexibility index (Phi) is 3.46. The molecule has 22 heavy (non-hydrogen) atoms. The number of benzene rings is 2. The summed E-state index contributed by atoms with van der Waals surface area (Å²) in [5.74, 6) is 0.0933. The molecule has 0 amide bonds. The molecule has 2 aromatic carbocycles. The van der Waals surface area contributed by atoms with Crippen LogP contribution in [0.15, 0.2) is 64.3 Å². The number of nitrogens with one attached hydrogen (secondary N) is 1. The van der Waals surface area contributed by atoms with E-state index in [1.165, 1.54) is 24.3 Å². The highest BCUT2D eigenvalue weighted by molar-refractivity contribution is 7.87. The van der Waals surface area contributed by atoms with Crippen molar-refractivity contribution in [1.29, 1.82) is 0 Å². The molecule has 0 spiro atoms. The lowest BCUT2D eigenvalue weighted by Crippen LogP contribution is -2.11. The van der Waals surface area contributed by atoms with E-state index in [1.807, 2.05) is 6.92 Å². The van der Waals surface area contributed by atoms with Crippen LogP contribution in [0.2, 0.25) is 0 Å². The Labute approximate surface area is 127 Å². The minimum atomic E-state index is -3.96. The van der Waals surface area contributed by atoms with Gasteiger partial charge in [-0.05, 0) is 31.2 Å². The van der Waals surface area contributed by atoms with Crippen LogP contribution >= 0.6 is 0 Å². The van der Waals surface area contributed by atoms with Crippen molar-refractivity contribution in [2.45, 2.75) is 11.8 Å². The number of hydrogen-bond acceptors (Lipinski definition) is 4. The molecule has 0 unspecified atom stereocenters. The number of para-hydroxylation sites is 1. The lowest BCUT2D eigenvalue weighted by Gasteiger charge is -2.09. The van der Waals surface area contributed by atoms with E-state index in [2.05, 4.69) is 4.98 Å². The van der Waals surface area contributed by atoms with E-state index < -0.39 is 10.1 Å². The van der Waals surface area contributed by atoms with Gasteiger partial charge in [-0.1, -0.05) is 29.8 Å². The van der Waals surface area contributed by atoms with E-state index in [1.54, 1.807) is 30.3 Å². The summed E-state index contributed by atoms with van der Waals surface area (Å²) in [6.45, 7) is 1.87. The maximum atomic E-state index is 12.3. The Morgan fingerprint density at radius 3 is 2.41 bits per heavy atom. The molecular weight excluding hydrogens is 302 g/mol. The van der Waals surface area contributed by atoms with Crippen molar-refractivity contribution in [3.05, 3.63) is 70.5 Å². The molecule has 0 saturated carbocycles. The highest BCUT2D eigenvalue weighted by atomic mass is 32.2. The molecule has 3 aromatic rings. The largest absolute Gasteiger partial charge is 0.377 e. The van der Waals surface area contributed by atoms with Crippen LogP contribution in [0.25, 0.3) is 10.9 Å². The third kappa shape index (κ3) is 2.73. The summed E-state index contributed by atoms with van der Waals surface area (Å²) in [6, 6.07) is 14.3. The van der Waals surface area contributed by atoms with Gasteiger partial charge in [0.2, 0.25) is 5.56 Å². The number of aromatic nitrogens is 1. The first-order chi connectivity index (χ1) is 10.5. The van der Waals surface area contributed by atoms with E-state index in [0.29, 0.717) is 10.9 Å². The van der Waals surface area contributed by atoms with E-state index in [-0.39, 0.29) is 16.2 Å². The van der Waals surface area contributed by atoms with Crippen molar-refractivity contribution in [1.82, 2.24) is 4.98 Å². The van der Waals surface area contributed by atoms with Crippen molar-refractivity contribution in [3.63, 3.8) is 0 Å². The van der Waals surface area contributed by atoms with Crippen LogP contribution in [0.4, 0.5) is 0 Å². The van der Waals surface area contributed by atoms with Gasteiger partial charge in [0.25, 0.3) is 0 Å². The second-order valence-corrected chi connectivity index (χ2v) is 6.44. The number of pyridine rings is 1. The van der Waals surface area contributed by atoms with Crippen molar-refractivity contribution in [3.8, 4) is 5.75 Å². The van der Waals surface area contributed by atoms with Gasteiger partial charge in [-0.2, -0.15) is 8.42 Å². The van der Waals surface area contributed by atoms with Gasteiger partial charge in [-0.3, -0.25) is 4.79 Å². The summed E-state index contributed by atoms with van der Waals surface area (Å²) in [6.07, 6.45) is 0. The first-order valence-corrected chi connectivity index (χ1v) is 8.00. The molecule has 6 heteroatoms. The molecule has 0 atom stereocenters. The lowest BCUT2D eigenvalue weighted by molar-refractivity contribution is 0.488. The van der Waals surface area contributed by atoms with Gasteiger partial charge < -0.3 is 9.17 Å². The van der Waals surface area contributed by atoms with Gasteiger partial charge in [0.15, 0.2) is 5.75 Å². The average Bonchev–Trinajstić information content (AvgIpc) is 2.48. The molecule has 0 radical (unpaired) electrons. The van der Waals surface area contributed by atoms with Crippen LogP contribution in [0, 0.1) is 6.92 Å². The quantitative estimate of drug-likeness (QED) is 0.754. The molecule has 112 valence electrons. The highest BCUT2D eigenvalue weighted by Gasteiger charge is 2.18. The Balaban J connectivity index is 2.07. The van der Waals surface area contributed by atoms with E-state index in [9.17, 15) is 13.2 Å². The summed E-state index contributed by atoms with van der Waals surface area (Å²) in [5.41, 5.74) is 0.982. The van der Waals surface area contributed by atoms with Crippen molar-refractivity contribution in [2.24, 2.45) is 0 Å². The Hall–Kier alpha value is -2.60. The Morgan fingerprint density at radius 2 is 1.68 bits per heavy atom. The molecule has 3 rings (SSSR count). The zero-order chi connectivity index (χ0) is 15.7. The number of H-pyrrole nitrogens is 1. The molecule has 1 N–H and O–H groups in total. The van der Waals surface area contributed by atoms with Gasteiger partial charge in [0.1, 0.15) is 4.90 Å². The third-order valence-electron chi connectivity index (χ3n) is 3.23. The lowest BCUT2D eigenvalue weighted by atomic mass is 10.2. The molecule has 5 nitrogen and oxygen atoms in total. The van der Waals surface area contributed by atoms with Crippen LogP contribution < -0.4 is 9.74 Å². The normalized spacial score (nSPS) is 11.5. The predicted octanol–water partition coefficient (Wildman–Crippen LogP) is 2.60. The van der Waals surface area contributed by atoms with Crippen molar-refractivity contribution < 1.29 is 12.6 Å². The van der Waals surface area contributed by atoms with Gasteiger partial charge >= 0.3 is 10.1 Å². The van der Waals surface area contributed by atoms with Gasteiger partial charge in [0, 0.05) is 11.5 Å². The van der Waals surface area contributed by atoms with Gasteiger partial charge in [-0.25, -0.2) is 0 Å². The predicted molar refractivity (Wildman–Crippen MR) is 83.6 cm³/mol. The fraction of sp³-hybridized carbons (Fsp3) is 0.0625. The molecule has 1 heterocycles. The summed E-state index contributed by atoms with van der Waals surface area (Å²) in [5, 5.41) is 0.691. The topological polar surface area (TPSA) is 76.2 Å². The molecule has 1 aromatic heterocycles. The second kappa shape index (κ2) is 5.31. The second-order valence-electron chi connectivity index (χ2n) is 4.89. The first-order valence-electron chi connectivity index (χ1n) is 6.59. The van der Waals surface area contributed by atoms with Crippen LogP contribution in [0.5, 0.6) is 5.75 Å².